The molecular weight excluding hydrogens is 489 g/mol. The van der Waals surface area contributed by atoms with Gasteiger partial charge >= 0.3 is 0 Å². The standard InChI is InChI=1S/C33H34FN3O2/c1-22-13-15-37(16-14-22)28-10-6-26(7-11-28)32(38)19-25-5-12-31(30(34)17-25)36-27-8-3-24(4-9-27)18-33(39)29-21-35-20-23(29)2/h3-12,17,20-22,35-36H,13-16,18-19H2,1-2H3. The lowest BCUT2D eigenvalue weighted by Gasteiger charge is -2.32. The van der Waals surface area contributed by atoms with Gasteiger partial charge in [0, 0.05) is 60.8 Å². The van der Waals surface area contributed by atoms with Gasteiger partial charge in [0.25, 0.3) is 0 Å². The maximum atomic E-state index is 14.9. The van der Waals surface area contributed by atoms with Crippen LogP contribution in [-0.2, 0) is 12.8 Å². The van der Waals surface area contributed by atoms with E-state index >= 15 is 0 Å². The number of rotatable bonds is 9. The minimum absolute atomic E-state index is 0.0334. The predicted molar refractivity (Wildman–Crippen MR) is 155 cm³/mol. The van der Waals surface area contributed by atoms with Crippen molar-refractivity contribution >= 4 is 28.6 Å². The van der Waals surface area contributed by atoms with Crippen LogP contribution in [0.1, 0.15) is 57.2 Å². The molecule has 4 aromatic rings. The van der Waals surface area contributed by atoms with Crippen LogP contribution in [0, 0.1) is 18.7 Å². The molecule has 1 aliphatic rings. The number of Topliss-reactive ketones (excluding diaryl/α,β-unsaturated/α-hetero) is 2. The van der Waals surface area contributed by atoms with E-state index in [-0.39, 0.29) is 18.0 Å². The first-order valence-electron chi connectivity index (χ1n) is 13.5. The molecule has 200 valence electrons. The largest absolute Gasteiger partial charge is 0.372 e. The average Bonchev–Trinajstić information content (AvgIpc) is 3.38. The zero-order valence-electron chi connectivity index (χ0n) is 22.5. The van der Waals surface area contributed by atoms with E-state index in [1.807, 2.05) is 61.7 Å². The molecule has 5 rings (SSSR count). The van der Waals surface area contributed by atoms with Crippen molar-refractivity contribution in [2.75, 3.05) is 23.3 Å². The summed E-state index contributed by atoms with van der Waals surface area (Å²) in [6.07, 6.45) is 6.36. The van der Waals surface area contributed by atoms with Gasteiger partial charge in [0.2, 0.25) is 0 Å². The topological polar surface area (TPSA) is 65.2 Å². The number of nitrogens with one attached hydrogen (secondary N) is 2. The third kappa shape index (κ3) is 6.45. The molecule has 0 saturated carbocycles. The number of anilines is 3. The molecule has 0 spiro atoms. The van der Waals surface area contributed by atoms with E-state index in [9.17, 15) is 14.0 Å². The molecule has 6 heteroatoms. The summed E-state index contributed by atoms with van der Waals surface area (Å²) < 4.78 is 14.9. The molecule has 1 fully saturated rings. The Labute approximate surface area is 229 Å². The first kappa shape index (κ1) is 26.4. The Hall–Kier alpha value is -4.19. The quantitative estimate of drug-likeness (QED) is 0.226. The summed E-state index contributed by atoms with van der Waals surface area (Å²) in [6, 6.07) is 20.0. The summed E-state index contributed by atoms with van der Waals surface area (Å²) >= 11 is 0. The van der Waals surface area contributed by atoms with Crippen molar-refractivity contribution in [2.24, 2.45) is 5.92 Å². The molecule has 0 radical (unpaired) electrons. The van der Waals surface area contributed by atoms with Gasteiger partial charge in [-0.25, -0.2) is 4.39 Å². The number of aromatic nitrogens is 1. The molecule has 1 aliphatic heterocycles. The lowest BCUT2D eigenvalue weighted by Crippen LogP contribution is -2.32. The molecule has 2 N–H and O–H groups in total. The van der Waals surface area contributed by atoms with Gasteiger partial charge in [-0.2, -0.15) is 0 Å². The monoisotopic (exact) mass is 523 g/mol. The molecule has 5 nitrogen and oxygen atoms in total. The van der Waals surface area contributed by atoms with E-state index < -0.39 is 5.82 Å². The van der Waals surface area contributed by atoms with Crippen LogP contribution >= 0.6 is 0 Å². The first-order valence-corrected chi connectivity index (χ1v) is 13.5. The van der Waals surface area contributed by atoms with Gasteiger partial charge in [-0.15, -0.1) is 0 Å². The van der Waals surface area contributed by atoms with E-state index in [0.29, 0.717) is 28.8 Å². The fraction of sp³-hybridized carbons (Fsp3) is 0.273. The van der Waals surface area contributed by atoms with Gasteiger partial charge in [0.1, 0.15) is 5.82 Å². The third-order valence-corrected chi connectivity index (χ3v) is 7.59. The zero-order chi connectivity index (χ0) is 27.4. The van der Waals surface area contributed by atoms with Crippen molar-refractivity contribution in [3.05, 3.63) is 113 Å². The van der Waals surface area contributed by atoms with Gasteiger partial charge in [-0.05, 0) is 90.9 Å². The Kier molecular flexibility index (Phi) is 7.92. The van der Waals surface area contributed by atoms with Crippen LogP contribution in [0.15, 0.2) is 79.1 Å². The maximum Gasteiger partial charge on any atom is 0.169 e. The lowest BCUT2D eigenvalue weighted by atomic mass is 9.98. The van der Waals surface area contributed by atoms with Crippen LogP contribution in [0.5, 0.6) is 0 Å². The fourth-order valence-corrected chi connectivity index (χ4v) is 5.07. The van der Waals surface area contributed by atoms with Crippen molar-refractivity contribution in [3.8, 4) is 0 Å². The van der Waals surface area contributed by atoms with Crippen LogP contribution in [0.25, 0.3) is 0 Å². The van der Waals surface area contributed by atoms with Crippen LogP contribution in [0.4, 0.5) is 21.5 Å². The average molecular weight is 524 g/mol. The van der Waals surface area contributed by atoms with E-state index in [4.69, 9.17) is 0 Å². The van der Waals surface area contributed by atoms with Crippen molar-refractivity contribution in [1.29, 1.82) is 0 Å². The van der Waals surface area contributed by atoms with Crippen LogP contribution in [0.3, 0.4) is 0 Å². The number of H-pyrrole nitrogens is 1. The van der Waals surface area contributed by atoms with Crippen molar-refractivity contribution < 1.29 is 14.0 Å². The third-order valence-electron chi connectivity index (χ3n) is 7.59. The highest BCUT2D eigenvalue weighted by Gasteiger charge is 2.17. The van der Waals surface area contributed by atoms with E-state index in [1.165, 1.54) is 18.9 Å². The van der Waals surface area contributed by atoms with Crippen molar-refractivity contribution in [2.45, 2.75) is 39.5 Å². The molecular formula is C33H34FN3O2. The molecule has 0 bridgehead atoms. The molecule has 39 heavy (non-hydrogen) atoms. The summed E-state index contributed by atoms with van der Waals surface area (Å²) in [7, 11) is 0. The number of hydrogen-bond donors (Lipinski definition) is 2. The van der Waals surface area contributed by atoms with Crippen LogP contribution < -0.4 is 10.2 Å². The van der Waals surface area contributed by atoms with Gasteiger partial charge in [0.05, 0.1) is 5.69 Å². The molecule has 0 atom stereocenters. The number of ketones is 2. The molecule has 0 unspecified atom stereocenters. The Balaban J connectivity index is 1.17. The second-order valence-corrected chi connectivity index (χ2v) is 10.6. The van der Waals surface area contributed by atoms with Gasteiger partial charge in [0.15, 0.2) is 11.6 Å². The van der Waals surface area contributed by atoms with E-state index in [1.54, 1.807) is 18.3 Å². The SMILES string of the molecule is Cc1c[nH]cc1C(=O)Cc1ccc(Nc2ccc(CC(=O)c3ccc(N4CCC(C)CC4)cc3)cc2F)cc1. The normalized spacial score (nSPS) is 13.9. The number of benzene rings is 3. The highest BCUT2D eigenvalue weighted by molar-refractivity contribution is 5.99. The highest BCUT2D eigenvalue weighted by Crippen LogP contribution is 2.25. The number of hydrogen-bond acceptors (Lipinski definition) is 4. The zero-order valence-corrected chi connectivity index (χ0v) is 22.5. The fourth-order valence-electron chi connectivity index (χ4n) is 5.07. The number of piperidine rings is 1. The summed E-state index contributed by atoms with van der Waals surface area (Å²) in [6.45, 7) is 6.29. The minimum Gasteiger partial charge on any atom is -0.372 e. The summed E-state index contributed by atoms with van der Waals surface area (Å²) in [5.41, 5.74) is 5.98. The molecule has 1 saturated heterocycles. The number of aryl methyl sites for hydroxylation is 1. The first-order chi connectivity index (χ1) is 18.9. The van der Waals surface area contributed by atoms with Crippen LogP contribution in [0.2, 0.25) is 0 Å². The highest BCUT2D eigenvalue weighted by atomic mass is 19.1. The van der Waals surface area contributed by atoms with Crippen molar-refractivity contribution in [1.82, 2.24) is 4.98 Å². The van der Waals surface area contributed by atoms with Crippen LogP contribution in [-0.4, -0.2) is 29.6 Å². The number of carbonyl (C=O) groups is 2. The summed E-state index contributed by atoms with van der Waals surface area (Å²) in [4.78, 5) is 30.7. The Morgan fingerprint density at radius 2 is 1.56 bits per heavy atom. The maximum absolute atomic E-state index is 14.9. The van der Waals surface area contributed by atoms with Gasteiger partial charge in [-0.3, -0.25) is 9.59 Å². The molecule has 0 amide bonds. The predicted octanol–water partition coefficient (Wildman–Crippen LogP) is 7.29. The Bertz CT molecular complexity index is 1450. The Morgan fingerprint density at radius 1 is 0.897 bits per heavy atom. The number of halogens is 1. The van der Waals surface area contributed by atoms with Crippen molar-refractivity contribution in [3.63, 3.8) is 0 Å². The molecule has 2 heterocycles. The minimum atomic E-state index is -0.419. The molecule has 3 aromatic carbocycles. The molecule has 0 aliphatic carbocycles. The van der Waals surface area contributed by atoms with E-state index in [2.05, 4.69) is 22.1 Å². The number of carbonyl (C=O) groups excluding carboxylic acids is 2. The van der Waals surface area contributed by atoms with Gasteiger partial charge in [-0.1, -0.05) is 25.1 Å². The number of aromatic amines is 1. The Morgan fingerprint density at radius 3 is 2.21 bits per heavy atom. The number of nitrogens with zero attached hydrogens (tertiary/aromatic N) is 1. The molecule has 1 aromatic heterocycles. The second-order valence-electron chi connectivity index (χ2n) is 10.6. The summed E-state index contributed by atoms with van der Waals surface area (Å²) in [5.74, 6) is 0.371. The summed E-state index contributed by atoms with van der Waals surface area (Å²) in [5, 5.41) is 3.09. The smallest absolute Gasteiger partial charge is 0.169 e. The lowest BCUT2D eigenvalue weighted by molar-refractivity contribution is 0.0984. The van der Waals surface area contributed by atoms with Gasteiger partial charge < -0.3 is 15.2 Å². The van der Waals surface area contributed by atoms with E-state index in [0.717, 1.165) is 41.5 Å². The second kappa shape index (κ2) is 11.7.